The van der Waals surface area contributed by atoms with E-state index in [4.69, 9.17) is 4.74 Å². The Labute approximate surface area is 156 Å². The molecule has 2 heterocycles. The van der Waals surface area contributed by atoms with Crippen molar-refractivity contribution in [1.29, 1.82) is 0 Å². The van der Waals surface area contributed by atoms with E-state index >= 15 is 0 Å². The number of fused-ring (bicyclic) bond motifs is 5. The van der Waals surface area contributed by atoms with Crippen molar-refractivity contribution in [2.45, 2.75) is 6.92 Å². The summed E-state index contributed by atoms with van der Waals surface area (Å²) in [6.07, 6.45) is 0. The van der Waals surface area contributed by atoms with Crippen molar-refractivity contribution in [2.24, 2.45) is 0 Å². The molecule has 3 aromatic rings. The molecule has 7 heteroatoms. The van der Waals surface area contributed by atoms with Gasteiger partial charge < -0.3 is 19.7 Å². The van der Waals surface area contributed by atoms with Crippen LogP contribution in [-0.4, -0.2) is 65.5 Å². The summed E-state index contributed by atoms with van der Waals surface area (Å²) in [6, 6.07) is 6.57. The van der Waals surface area contributed by atoms with Crippen molar-refractivity contribution in [3.63, 3.8) is 0 Å². The van der Waals surface area contributed by atoms with Crippen molar-refractivity contribution in [3.8, 4) is 11.5 Å². The number of benzene rings is 2. The second-order valence-electron chi connectivity index (χ2n) is 6.90. The number of aromatic nitrogens is 1. The molecule has 1 aromatic heterocycles. The van der Waals surface area contributed by atoms with Gasteiger partial charge in [-0.15, -0.1) is 0 Å². The highest BCUT2D eigenvalue weighted by Crippen LogP contribution is 2.41. The van der Waals surface area contributed by atoms with Crippen LogP contribution in [0, 0.1) is 0 Å². The normalized spacial score (nSPS) is 14.0. The van der Waals surface area contributed by atoms with Crippen LogP contribution in [0.15, 0.2) is 24.3 Å². The summed E-state index contributed by atoms with van der Waals surface area (Å²) in [4.78, 5) is 32.5. The molecule has 1 aliphatic rings. The number of nitrogens with zero attached hydrogens (tertiary/aromatic N) is 2. The first kappa shape index (κ1) is 17.4. The molecule has 140 valence electrons. The van der Waals surface area contributed by atoms with Gasteiger partial charge in [0, 0.05) is 29.4 Å². The van der Waals surface area contributed by atoms with Gasteiger partial charge in [0.2, 0.25) is 0 Å². The third-order valence-electron chi connectivity index (χ3n) is 4.83. The number of hydrogen-bond acceptors (Lipinski definition) is 5. The van der Waals surface area contributed by atoms with E-state index in [0.717, 1.165) is 5.52 Å². The van der Waals surface area contributed by atoms with Gasteiger partial charge in [0.25, 0.3) is 11.8 Å². The molecule has 0 saturated heterocycles. The fraction of sp³-hybridized carbons (Fsp3) is 0.300. The first-order valence-corrected chi connectivity index (χ1v) is 8.87. The highest BCUT2D eigenvalue weighted by atomic mass is 16.5. The number of phenolic OH excluding ortho intramolecular Hbond substituents is 1. The van der Waals surface area contributed by atoms with Gasteiger partial charge in [-0.05, 0) is 45.3 Å². The summed E-state index contributed by atoms with van der Waals surface area (Å²) < 4.78 is 5.74. The van der Waals surface area contributed by atoms with Gasteiger partial charge in [-0.2, -0.15) is 0 Å². The standard InChI is InChI=1S/C20H21N3O4/c1-4-27-15-10-13-17(20(26)23(19(13)25)8-7-22(2)3)16-12-9-11(24)5-6-14(12)21-18(15)16/h5-6,9-10,21,24H,4,7-8H2,1-3H3. The Hall–Kier alpha value is -3.06. The minimum absolute atomic E-state index is 0.0974. The Morgan fingerprint density at radius 3 is 2.67 bits per heavy atom. The van der Waals surface area contributed by atoms with Crippen molar-refractivity contribution in [2.75, 3.05) is 33.8 Å². The van der Waals surface area contributed by atoms with E-state index in [1.165, 1.54) is 4.90 Å². The molecule has 0 spiro atoms. The number of ether oxygens (including phenoxy) is 1. The second-order valence-corrected chi connectivity index (χ2v) is 6.90. The minimum atomic E-state index is -0.311. The van der Waals surface area contributed by atoms with Gasteiger partial charge >= 0.3 is 0 Å². The molecule has 0 bridgehead atoms. The van der Waals surface area contributed by atoms with Gasteiger partial charge in [-0.3, -0.25) is 14.5 Å². The van der Waals surface area contributed by atoms with Crippen molar-refractivity contribution < 1.29 is 19.4 Å². The second kappa shape index (κ2) is 6.28. The van der Waals surface area contributed by atoms with E-state index in [1.54, 1.807) is 24.3 Å². The van der Waals surface area contributed by atoms with Gasteiger partial charge in [0.15, 0.2) is 0 Å². The van der Waals surface area contributed by atoms with Gasteiger partial charge in [0.05, 0.1) is 23.3 Å². The van der Waals surface area contributed by atoms with Crippen LogP contribution in [0.4, 0.5) is 0 Å². The molecule has 0 atom stereocenters. The van der Waals surface area contributed by atoms with Crippen LogP contribution in [0.25, 0.3) is 21.8 Å². The first-order valence-electron chi connectivity index (χ1n) is 8.87. The number of aromatic hydroxyl groups is 1. The average molecular weight is 367 g/mol. The number of nitrogens with one attached hydrogen (secondary N) is 1. The number of hydrogen-bond donors (Lipinski definition) is 2. The van der Waals surface area contributed by atoms with Crippen molar-refractivity contribution in [1.82, 2.24) is 14.8 Å². The van der Waals surface area contributed by atoms with Crippen LogP contribution in [0.3, 0.4) is 0 Å². The van der Waals surface area contributed by atoms with Crippen molar-refractivity contribution >= 4 is 33.6 Å². The zero-order chi connectivity index (χ0) is 19.3. The maximum Gasteiger partial charge on any atom is 0.262 e. The molecule has 1 aliphatic heterocycles. The third-order valence-corrected chi connectivity index (χ3v) is 4.83. The molecule has 2 N–H and O–H groups in total. The number of amides is 2. The van der Waals surface area contributed by atoms with Crippen LogP contribution in [0.5, 0.6) is 11.5 Å². The Morgan fingerprint density at radius 2 is 1.96 bits per heavy atom. The maximum atomic E-state index is 13.1. The Bertz CT molecular complexity index is 1080. The minimum Gasteiger partial charge on any atom is -0.508 e. The van der Waals surface area contributed by atoms with Crippen LogP contribution < -0.4 is 4.74 Å². The summed E-state index contributed by atoms with van der Waals surface area (Å²) in [5.41, 5.74) is 2.14. The van der Waals surface area contributed by atoms with E-state index in [2.05, 4.69) is 4.98 Å². The molecule has 0 radical (unpaired) electrons. The summed E-state index contributed by atoms with van der Waals surface area (Å²) in [6.45, 7) is 3.20. The molecule has 27 heavy (non-hydrogen) atoms. The fourth-order valence-electron chi connectivity index (χ4n) is 3.57. The Morgan fingerprint density at radius 1 is 1.19 bits per heavy atom. The van der Waals surface area contributed by atoms with E-state index in [1.807, 2.05) is 25.9 Å². The Balaban J connectivity index is 1.99. The van der Waals surface area contributed by atoms with Gasteiger partial charge in [-0.25, -0.2) is 0 Å². The average Bonchev–Trinajstić information content (AvgIpc) is 3.10. The van der Waals surface area contributed by atoms with Crippen LogP contribution >= 0.6 is 0 Å². The molecule has 0 aliphatic carbocycles. The van der Waals surface area contributed by atoms with Gasteiger partial charge in [-0.1, -0.05) is 0 Å². The molecule has 2 aromatic carbocycles. The van der Waals surface area contributed by atoms with E-state index in [-0.39, 0.29) is 17.6 Å². The highest BCUT2D eigenvalue weighted by Gasteiger charge is 2.38. The van der Waals surface area contributed by atoms with Crippen LogP contribution in [0.2, 0.25) is 0 Å². The summed E-state index contributed by atoms with van der Waals surface area (Å²) in [5, 5.41) is 11.2. The summed E-state index contributed by atoms with van der Waals surface area (Å²) in [5.74, 6) is 0.00101. The third kappa shape index (κ3) is 2.62. The number of H-pyrrole nitrogens is 1. The monoisotopic (exact) mass is 367 g/mol. The quantitative estimate of drug-likeness (QED) is 0.677. The zero-order valence-corrected chi connectivity index (χ0v) is 15.5. The number of carbonyl (C=O) groups excluding carboxylic acids is 2. The topological polar surface area (TPSA) is 85.9 Å². The smallest absolute Gasteiger partial charge is 0.262 e. The lowest BCUT2D eigenvalue weighted by Gasteiger charge is -2.16. The Kier molecular flexibility index (Phi) is 4.04. The first-order chi connectivity index (χ1) is 12.9. The lowest BCUT2D eigenvalue weighted by Crippen LogP contribution is -2.35. The molecule has 0 saturated carbocycles. The van der Waals surface area contributed by atoms with E-state index < -0.39 is 0 Å². The molecule has 0 fully saturated rings. The summed E-state index contributed by atoms with van der Waals surface area (Å²) >= 11 is 0. The largest absolute Gasteiger partial charge is 0.508 e. The molecular formula is C20H21N3O4. The van der Waals surface area contributed by atoms with E-state index in [9.17, 15) is 14.7 Å². The van der Waals surface area contributed by atoms with Crippen molar-refractivity contribution in [3.05, 3.63) is 35.4 Å². The molecule has 2 amide bonds. The molecule has 0 unspecified atom stereocenters. The maximum absolute atomic E-state index is 13.1. The fourth-order valence-corrected chi connectivity index (χ4v) is 3.57. The SMILES string of the molecule is CCOc1cc2c(c3c1[nH]c1ccc(O)cc13)C(=O)N(CCN(C)C)C2=O. The molecular weight excluding hydrogens is 346 g/mol. The number of carbonyl (C=O) groups is 2. The predicted octanol–water partition coefficient (Wildman–Crippen LogP) is 2.58. The van der Waals surface area contributed by atoms with Gasteiger partial charge in [0.1, 0.15) is 11.5 Å². The number of rotatable bonds is 5. The lowest BCUT2D eigenvalue weighted by atomic mass is 10.0. The number of imide groups is 1. The lowest BCUT2D eigenvalue weighted by molar-refractivity contribution is 0.0645. The highest BCUT2D eigenvalue weighted by molar-refractivity contribution is 6.30. The summed E-state index contributed by atoms with van der Waals surface area (Å²) in [7, 11) is 3.79. The van der Waals surface area contributed by atoms with E-state index in [0.29, 0.717) is 52.9 Å². The number of likely N-dealkylation sites (N-methyl/N-ethyl adjacent to an activating group) is 1. The molecule has 4 rings (SSSR count). The number of aromatic amines is 1. The number of phenols is 1. The molecule has 7 nitrogen and oxygen atoms in total. The zero-order valence-electron chi connectivity index (χ0n) is 15.5. The predicted molar refractivity (Wildman–Crippen MR) is 103 cm³/mol. The van der Waals surface area contributed by atoms with Crippen LogP contribution in [0.1, 0.15) is 27.6 Å². The van der Waals surface area contributed by atoms with Crippen LogP contribution in [-0.2, 0) is 0 Å².